The van der Waals surface area contributed by atoms with E-state index in [4.69, 9.17) is 4.55 Å². The normalized spacial score (nSPS) is 30.1. The summed E-state index contributed by atoms with van der Waals surface area (Å²) in [5, 5.41) is 0. The van der Waals surface area contributed by atoms with Crippen LogP contribution in [0, 0.1) is 0 Å². The molecule has 120 valence electrons. The van der Waals surface area contributed by atoms with Crippen LogP contribution in [0.1, 0.15) is 25.7 Å². The van der Waals surface area contributed by atoms with Gasteiger partial charge in [-0.2, -0.15) is 21.0 Å². The van der Waals surface area contributed by atoms with Crippen molar-refractivity contribution < 1.29 is 31.8 Å². The summed E-state index contributed by atoms with van der Waals surface area (Å²) in [4.78, 5) is 16.4. The second-order valence-electron chi connectivity index (χ2n) is 5.59. The molecule has 7 nitrogen and oxygen atoms in total. The van der Waals surface area contributed by atoms with Gasteiger partial charge >= 0.3 is 7.60 Å². The molecule has 10 heteroatoms. The van der Waals surface area contributed by atoms with Gasteiger partial charge in [-0.15, -0.1) is 0 Å². The lowest BCUT2D eigenvalue weighted by atomic mass is 9.97. The molecule has 3 unspecified atom stereocenters. The zero-order chi connectivity index (χ0) is 15.6. The van der Waals surface area contributed by atoms with E-state index in [-0.39, 0.29) is 12.5 Å². The van der Waals surface area contributed by atoms with Crippen LogP contribution in [0.3, 0.4) is 0 Å². The highest BCUT2D eigenvalue weighted by Gasteiger charge is 2.46. The Bertz CT molecular complexity index is 474. The number of nitrogens with zero attached hydrogens (tertiary/aromatic N) is 1. The van der Waals surface area contributed by atoms with Gasteiger partial charge in [-0.25, -0.2) is 0 Å². The Morgan fingerprint density at radius 1 is 1.40 bits per heavy atom. The van der Waals surface area contributed by atoms with Crippen molar-refractivity contribution in [3.63, 3.8) is 0 Å². The first-order valence-corrected chi connectivity index (χ1v) is 10.3. The van der Waals surface area contributed by atoms with Crippen LogP contribution in [0.2, 0.25) is 0 Å². The van der Waals surface area contributed by atoms with E-state index < -0.39 is 22.7 Å². The van der Waals surface area contributed by atoms with Crippen LogP contribution < -0.4 is 0 Å². The molecule has 0 aromatic rings. The highest BCUT2D eigenvalue weighted by Crippen LogP contribution is 2.47. The van der Waals surface area contributed by atoms with Crippen molar-refractivity contribution >= 4 is 30.3 Å². The third-order valence-electron chi connectivity index (χ3n) is 4.14. The number of thiol groups is 1. The molecule has 3 atom stereocenters. The quantitative estimate of drug-likeness (QED) is 0.243. The molecule has 1 fully saturated rings. The number of quaternary nitrogens is 1. The number of hydrogen-bond acceptors (Lipinski definition) is 4. The first kappa shape index (κ1) is 18.4. The van der Waals surface area contributed by atoms with Gasteiger partial charge in [0.05, 0.1) is 26.2 Å². The summed E-state index contributed by atoms with van der Waals surface area (Å²) < 4.78 is 43.5. The molecule has 0 amide bonds. The molecule has 0 radical (unpaired) electrons. The summed E-state index contributed by atoms with van der Waals surface area (Å²) in [6.07, 6.45) is 2.35. The van der Waals surface area contributed by atoms with Crippen molar-refractivity contribution in [3.8, 4) is 0 Å². The first-order valence-electron chi connectivity index (χ1n) is 6.47. The highest BCUT2D eigenvalue weighted by molar-refractivity contribution is 7.93. The van der Waals surface area contributed by atoms with Crippen molar-refractivity contribution in [1.82, 2.24) is 0 Å². The molecule has 0 bridgehead atoms. The van der Waals surface area contributed by atoms with Crippen LogP contribution in [0.5, 0.6) is 0 Å². The molecule has 1 aliphatic rings. The minimum Gasteiger partial charge on any atom is -0.323 e. The van der Waals surface area contributed by atoms with Crippen LogP contribution >= 0.6 is 20.2 Å². The molecule has 0 aliphatic carbocycles. The third-order valence-corrected chi connectivity index (χ3v) is 7.81. The summed E-state index contributed by atoms with van der Waals surface area (Å²) in [5.41, 5.74) is 0. The molecule has 0 aromatic carbocycles. The minimum absolute atomic E-state index is 0.199. The van der Waals surface area contributed by atoms with Crippen molar-refractivity contribution in [3.05, 3.63) is 0 Å². The second kappa shape index (κ2) is 6.64. The fraction of sp³-hybridized carbons (Fsp3) is 1.00. The highest BCUT2D eigenvalue weighted by atomic mass is 32.2. The fourth-order valence-electron chi connectivity index (χ4n) is 2.91. The first-order chi connectivity index (χ1) is 9.00. The van der Waals surface area contributed by atoms with E-state index in [0.717, 1.165) is 19.4 Å². The lowest BCUT2D eigenvalue weighted by Gasteiger charge is -2.45. The van der Waals surface area contributed by atoms with Crippen molar-refractivity contribution in [2.45, 2.75) is 36.7 Å². The smallest absolute Gasteiger partial charge is 0.323 e. The van der Waals surface area contributed by atoms with Crippen LogP contribution in [-0.2, 0) is 14.7 Å². The number of hydrogen-bond donors (Lipinski definition) is 4. The summed E-state index contributed by atoms with van der Waals surface area (Å²) in [5.74, 6) is 0.611. The van der Waals surface area contributed by atoms with Gasteiger partial charge in [0, 0.05) is 12.2 Å². The minimum atomic E-state index is -4.91. The summed E-state index contributed by atoms with van der Waals surface area (Å²) in [6, 6.07) is -0.199. The van der Waals surface area contributed by atoms with Gasteiger partial charge < -0.3 is 14.3 Å². The third kappa shape index (κ3) is 4.69. The Labute approximate surface area is 125 Å². The number of likely N-dealkylation sites (tertiary alicyclic amines) is 1. The topological polar surface area (TPSA) is 112 Å². The fourth-order valence-corrected chi connectivity index (χ4v) is 5.74. The van der Waals surface area contributed by atoms with E-state index in [1.165, 1.54) is 0 Å². The Balaban J connectivity index is 3.00. The van der Waals surface area contributed by atoms with Crippen LogP contribution in [0.25, 0.3) is 0 Å². The molecule has 1 heterocycles. The van der Waals surface area contributed by atoms with E-state index >= 15 is 0 Å². The number of rotatable bonds is 6. The van der Waals surface area contributed by atoms with Gasteiger partial charge in [0.15, 0.2) is 4.99 Å². The van der Waals surface area contributed by atoms with E-state index in [2.05, 4.69) is 12.6 Å². The summed E-state index contributed by atoms with van der Waals surface area (Å²) >= 11 is 4.19. The molecular weight excluding hydrogens is 325 g/mol. The average Bonchev–Trinajstić information content (AvgIpc) is 2.24. The van der Waals surface area contributed by atoms with Gasteiger partial charge in [-0.1, -0.05) is 0 Å². The lowest BCUT2D eigenvalue weighted by Crippen LogP contribution is -2.57. The predicted octanol–water partition coefficient (Wildman–Crippen LogP) is 0.697. The predicted molar refractivity (Wildman–Crippen MR) is 79.4 cm³/mol. The Hall–Kier alpha value is 0.370. The maximum Gasteiger partial charge on any atom is 0.346 e. The second-order valence-corrected chi connectivity index (χ2v) is 9.79. The van der Waals surface area contributed by atoms with Gasteiger partial charge in [0.1, 0.15) is 0 Å². The molecule has 20 heavy (non-hydrogen) atoms. The van der Waals surface area contributed by atoms with Gasteiger partial charge in [-0.3, -0.25) is 9.12 Å². The van der Waals surface area contributed by atoms with Crippen molar-refractivity contribution in [1.29, 1.82) is 0 Å². The zero-order valence-electron chi connectivity index (χ0n) is 11.4. The Morgan fingerprint density at radius 2 is 2.00 bits per heavy atom. The average molecular weight is 348 g/mol. The lowest BCUT2D eigenvalue weighted by molar-refractivity contribution is -0.936. The Kier molecular flexibility index (Phi) is 6.12. The van der Waals surface area contributed by atoms with E-state index in [0.29, 0.717) is 23.2 Å². The zero-order valence-corrected chi connectivity index (χ0v) is 14.0. The summed E-state index contributed by atoms with van der Waals surface area (Å²) in [6.45, 7) is 1.53. The van der Waals surface area contributed by atoms with Crippen LogP contribution in [-0.4, -0.2) is 64.2 Å². The van der Waals surface area contributed by atoms with E-state index in [1.54, 1.807) is 0 Å². The molecule has 0 spiro atoms. The van der Waals surface area contributed by atoms with Gasteiger partial charge in [0.2, 0.25) is 0 Å². The van der Waals surface area contributed by atoms with E-state index in [9.17, 15) is 22.8 Å². The molecule has 1 aliphatic heterocycles. The maximum absolute atomic E-state index is 11.4. The molecule has 1 saturated heterocycles. The molecule has 1 rings (SSSR count). The summed E-state index contributed by atoms with van der Waals surface area (Å²) in [7, 11) is -7.74. The van der Waals surface area contributed by atoms with Crippen molar-refractivity contribution in [2.24, 2.45) is 0 Å². The van der Waals surface area contributed by atoms with E-state index in [1.807, 2.05) is 7.05 Å². The largest absolute Gasteiger partial charge is 0.346 e. The monoisotopic (exact) mass is 348 g/mol. The van der Waals surface area contributed by atoms with Gasteiger partial charge in [0.25, 0.3) is 10.1 Å². The van der Waals surface area contributed by atoms with Crippen LogP contribution in [0.15, 0.2) is 0 Å². The molecule has 0 aromatic heterocycles. The molecule has 0 saturated carbocycles. The van der Waals surface area contributed by atoms with Gasteiger partial charge in [-0.05, 0) is 19.3 Å². The van der Waals surface area contributed by atoms with Crippen LogP contribution in [0.4, 0.5) is 0 Å². The molecular formula is C10H23NO6PS2+. The van der Waals surface area contributed by atoms with Crippen molar-refractivity contribution in [2.75, 3.05) is 25.9 Å². The Morgan fingerprint density at radius 3 is 2.45 bits per heavy atom. The number of piperidine rings is 1. The maximum atomic E-state index is 11.4. The SMILES string of the molecule is C[N+]1(CCS)CCCCC1CC(P(=O)(O)O)S(=O)(=O)O. The standard InChI is InChI=1S/C10H22NO6PS2/c1-11(6-7-19)5-3-2-4-9(11)8-10(18(12,13)14)20(15,16)17/h9-10H,2-8H2,1H3,(H3-,12,13,14,15,16,17,19)/p+1. The molecule has 3 N–H and O–H groups in total.